The molecule has 0 aliphatic carbocycles. The van der Waals surface area contributed by atoms with Gasteiger partial charge in [-0.1, -0.05) is 65.7 Å². The summed E-state index contributed by atoms with van der Waals surface area (Å²) in [6.07, 6.45) is 12.7. The number of hydrogen-bond acceptors (Lipinski definition) is 2. The highest BCUT2D eigenvalue weighted by Gasteiger charge is 2.30. The van der Waals surface area contributed by atoms with Gasteiger partial charge in [0.15, 0.2) is 0 Å². The van der Waals surface area contributed by atoms with Crippen LogP contribution in [-0.2, 0) is 8.85 Å². The van der Waals surface area contributed by atoms with Gasteiger partial charge in [-0.2, -0.15) is 0 Å². The molecule has 0 bridgehead atoms. The molecule has 0 aliphatic heterocycles. The Bertz CT molecular complexity index is 239. The highest BCUT2D eigenvalue weighted by molar-refractivity contribution is 6.71. The van der Waals surface area contributed by atoms with E-state index < -0.39 is 8.56 Å². The van der Waals surface area contributed by atoms with Gasteiger partial charge in [0, 0.05) is 12.7 Å². The molecule has 21 heavy (non-hydrogen) atoms. The zero-order valence-corrected chi connectivity index (χ0v) is 16.0. The van der Waals surface area contributed by atoms with Gasteiger partial charge in [-0.15, -0.1) is 6.58 Å². The molecule has 0 saturated heterocycles. The highest BCUT2D eigenvalue weighted by Crippen LogP contribution is 2.19. The summed E-state index contributed by atoms with van der Waals surface area (Å²) in [5.41, 5.74) is 1.95. The predicted molar refractivity (Wildman–Crippen MR) is 95.8 cm³/mol. The Hall–Kier alpha value is -0.123. The van der Waals surface area contributed by atoms with E-state index in [0.717, 1.165) is 25.9 Å². The van der Waals surface area contributed by atoms with Gasteiger partial charge in [0.1, 0.15) is 0 Å². The van der Waals surface area contributed by atoms with Gasteiger partial charge < -0.3 is 8.85 Å². The average Bonchev–Trinajstić information content (AvgIpc) is 2.47. The van der Waals surface area contributed by atoms with Crippen molar-refractivity contribution in [1.29, 1.82) is 0 Å². The SMILES string of the molecule is C=C[Si](C)(OCCCCCCCC)OC(CCC)CCC. The van der Waals surface area contributed by atoms with E-state index in [1.165, 1.54) is 44.9 Å². The summed E-state index contributed by atoms with van der Waals surface area (Å²) in [7, 11) is -2.17. The molecule has 2 nitrogen and oxygen atoms in total. The first-order valence-electron chi connectivity index (χ1n) is 9.07. The van der Waals surface area contributed by atoms with E-state index >= 15 is 0 Å². The first kappa shape index (κ1) is 20.9. The van der Waals surface area contributed by atoms with Crippen LogP contribution < -0.4 is 0 Å². The molecular formula is C18H38O2Si. The van der Waals surface area contributed by atoms with E-state index in [1.807, 2.05) is 5.70 Å². The van der Waals surface area contributed by atoms with Crippen molar-refractivity contribution in [3.63, 3.8) is 0 Å². The predicted octanol–water partition coefficient (Wildman–Crippen LogP) is 6.15. The van der Waals surface area contributed by atoms with Crippen molar-refractivity contribution < 1.29 is 8.85 Å². The van der Waals surface area contributed by atoms with E-state index in [0.29, 0.717) is 6.10 Å². The molecule has 0 aromatic heterocycles. The lowest BCUT2D eigenvalue weighted by Gasteiger charge is -2.29. The molecule has 0 aliphatic rings. The van der Waals surface area contributed by atoms with Crippen LogP contribution in [0.3, 0.4) is 0 Å². The monoisotopic (exact) mass is 314 g/mol. The van der Waals surface area contributed by atoms with Gasteiger partial charge in [-0.05, 0) is 31.5 Å². The summed E-state index contributed by atoms with van der Waals surface area (Å²) < 4.78 is 12.4. The largest absolute Gasteiger partial charge is 0.391 e. The Morgan fingerprint density at radius 2 is 1.48 bits per heavy atom. The van der Waals surface area contributed by atoms with Crippen LogP contribution in [0.1, 0.15) is 85.0 Å². The van der Waals surface area contributed by atoms with Crippen LogP contribution >= 0.6 is 0 Å². The fourth-order valence-electron chi connectivity index (χ4n) is 2.54. The van der Waals surface area contributed by atoms with Crippen LogP contribution in [0.4, 0.5) is 0 Å². The maximum absolute atomic E-state index is 6.31. The minimum absolute atomic E-state index is 0.347. The first-order chi connectivity index (χ1) is 10.1. The van der Waals surface area contributed by atoms with Crippen molar-refractivity contribution in [2.75, 3.05) is 6.61 Å². The van der Waals surface area contributed by atoms with Crippen LogP contribution in [0, 0.1) is 0 Å². The Morgan fingerprint density at radius 1 is 0.905 bits per heavy atom. The molecule has 0 saturated carbocycles. The molecular weight excluding hydrogens is 276 g/mol. The second-order valence-corrected chi connectivity index (χ2v) is 9.12. The lowest BCUT2D eigenvalue weighted by atomic mass is 10.1. The third-order valence-electron chi connectivity index (χ3n) is 3.88. The van der Waals surface area contributed by atoms with Crippen molar-refractivity contribution in [2.24, 2.45) is 0 Å². The van der Waals surface area contributed by atoms with Crippen LogP contribution in [-0.4, -0.2) is 21.3 Å². The van der Waals surface area contributed by atoms with Crippen molar-refractivity contribution in [3.05, 3.63) is 12.3 Å². The summed E-state index contributed by atoms with van der Waals surface area (Å²) in [6.45, 7) is 13.6. The third kappa shape index (κ3) is 11.1. The van der Waals surface area contributed by atoms with E-state index in [9.17, 15) is 0 Å². The molecule has 126 valence electrons. The molecule has 0 aromatic carbocycles. The van der Waals surface area contributed by atoms with Crippen LogP contribution in [0.2, 0.25) is 6.55 Å². The average molecular weight is 315 g/mol. The van der Waals surface area contributed by atoms with Gasteiger partial charge in [-0.3, -0.25) is 0 Å². The Morgan fingerprint density at radius 3 is 2.00 bits per heavy atom. The van der Waals surface area contributed by atoms with Gasteiger partial charge >= 0.3 is 8.56 Å². The second kappa shape index (κ2) is 13.5. The summed E-state index contributed by atoms with van der Waals surface area (Å²) in [6, 6.07) is 0. The Kier molecular flexibility index (Phi) is 13.5. The summed E-state index contributed by atoms with van der Waals surface area (Å²) in [5.74, 6) is 0. The fourth-order valence-corrected chi connectivity index (χ4v) is 4.26. The molecule has 0 spiro atoms. The molecule has 0 N–H and O–H groups in total. The molecule has 0 fully saturated rings. The molecule has 3 heteroatoms. The first-order valence-corrected chi connectivity index (χ1v) is 11.5. The highest BCUT2D eigenvalue weighted by atomic mass is 28.4. The van der Waals surface area contributed by atoms with E-state index in [1.54, 1.807) is 0 Å². The van der Waals surface area contributed by atoms with Crippen LogP contribution in [0.25, 0.3) is 0 Å². The zero-order valence-electron chi connectivity index (χ0n) is 15.0. The number of rotatable bonds is 15. The quantitative estimate of drug-likeness (QED) is 0.267. The second-order valence-electron chi connectivity index (χ2n) is 6.15. The molecule has 0 aromatic rings. The molecule has 0 rings (SSSR count). The minimum atomic E-state index is -2.17. The molecule has 0 heterocycles. The fraction of sp³-hybridized carbons (Fsp3) is 0.889. The van der Waals surface area contributed by atoms with Crippen LogP contribution in [0.15, 0.2) is 12.3 Å². The molecule has 1 atom stereocenters. The Labute approximate surface area is 134 Å². The maximum Gasteiger partial charge on any atom is 0.361 e. The van der Waals surface area contributed by atoms with Gasteiger partial charge in [0.05, 0.1) is 0 Å². The standard InChI is InChI=1S/C18H38O2Si/c1-6-10-11-12-13-14-17-19-21(5,9-4)20-18(15-7-2)16-8-3/h9,18H,4,6-8,10-17H2,1-3,5H3. The normalized spacial score (nSPS) is 14.3. The summed E-state index contributed by atoms with van der Waals surface area (Å²) in [4.78, 5) is 0. The van der Waals surface area contributed by atoms with Gasteiger partial charge in [0.2, 0.25) is 0 Å². The van der Waals surface area contributed by atoms with Crippen LogP contribution in [0.5, 0.6) is 0 Å². The number of unbranched alkanes of at least 4 members (excludes halogenated alkanes) is 5. The third-order valence-corrected chi connectivity index (χ3v) is 6.20. The van der Waals surface area contributed by atoms with E-state index in [2.05, 4.69) is 33.9 Å². The van der Waals surface area contributed by atoms with Gasteiger partial charge in [0.25, 0.3) is 0 Å². The minimum Gasteiger partial charge on any atom is -0.391 e. The van der Waals surface area contributed by atoms with Crippen molar-refractivity contribution >= 4 is 8.56 Å². The summed E-state index contributed by atoms with van der Waals surface area (Å²) >= 11 is 0. The smallest absolute Gasteiger partial charge is 0.361 e. The van der Waals surface area contributed by atoms with E-state index in [4.69, 9.17) is 8.85 Å². The van der Waals surface area contributed by atoms with Gasteiger partial charge in [-0.25, -0.2) is 0 Å². The van der Waals surface area contributed by atoms with Crippen molar-refractivity contribution in [1.82, 2.24) is 0 Å². The number of hydrogen-bond donors (Lipinski definition) is 0. The topological polar surface area (TPSA) is 18.5 Å². The van der Waals surface area contributed by atoms with Crippen molar-refractivity contribution in [3.8, 4) is 0 Å². The summed E-state index contributed by atoms with van der Waals surface area (Å²) in [5, 5.41) is 0. The lowest BCUT2D eigenvalue weighted by Crippen LogP contribution is -2.41. The zero-order chi connectivity index (χ0) is 16.0. The lowest BCUT2D eigenvalue weighted by molar-refractivity contribution is 0.109. The Balaban J connectivity index is 3.99. The molecule has 0 radical (unpaired) electrons. The van der Waals surface area contributed by atoms with E-state index in [-0.39, 0.29) is 0 Å². The van der Waals surface area contributed by atoms with Crippen molar-refractivity contribution in [2.45, 2.75) is 97.6 Å². The molecule has 0 amide bonds. The molecule has 1 unspecified atom stereocenters. The maximum atomic E-state index is 6.31.